The van der Waals surface area contributed by atoms with Gasteiger partial charge in [0, 0.05) is 34.2 Å². The Labute approximate surface area is 274 Å². The summed E-state index contributed by atoms with van der Waals surface area (Å²) in [5.41, 5.74) is 1.96. The predicted molar refractivity (Wildman–Crippen MR) is 180 cm³/mol. The Morgan fingerprint density at radius 2 is 1.49 bits per heavy atom. The first-order valence-corrected chi connectivity index (χ1v) is 15.1. The molecule has 0 fully saturated rings. The molecule has 5 N–H and O–H groups in total. The topological polar surface area (TPSA) is 158 Å². The maximum absolute atomic E-state index is 13.6. The minimum atomic E-state index is -1.33. The zero-order valence-electron chi connectivity index (χ0n) is 24.7. The lowest BCUT2D eigenvalue weighted by molar-refractivity contribution is -0.116. The van der Waals surface area contributed by atoms with E-state index in [1.54, 1.807) is 103 Å². The van der Waals surface area contributed by atoms with Gasteiger partial charge in [0.25, 0.3) is 11.8 Å². The average molecular weight is 645 g/mol. The van der Waals surface area contributed by atoms with Gasteiger partial charge < -0.3 is 26.2 Å². The van der Waals surface area contributed by atoms with Crippen LogP contribution >= 0.6 is 11.8 Å². The third-order valence-corrected chi connectivity index (χ3v) is 7.95. The van der Waals surface area contributed by atoms with E-state index in [1.807, 2.05) is 6.07 Å². The normalized spacial score (nSPS) is 11.6. The summed E-state index contributed by atoms with van der Waals surface area (Å²) in [5, 5.41) is 26.7. The van der Waals surface area contributed by atoms with Crippen LogP contribution in [-0.2, 0) is 9.59 Å². The van der Waals surface area contributed by atoms with Crippen LogP contribution in [0.1, 0.15) is 37.1 Å². The second-order valence-corrected chi connectivity index (χ2v) is 11.3. The molecular weight excluding hydrogens is 616 g/mol. The lowest BCUT2D eigenvalue weighted by atomic mass is 10.1. The standard InChI is InChI=1S/C36H28N4O6S/c41-31-17-16-27(21-29(31)36(45)46)39-35(44)32(24-10-3-1-4-11-24)47-28-15-7-14-26(20-28)38-34(43)30(19-23-9-8-18-37-22-23)40-33(42)25-12-5-2-6-13-25/h1-22,32,41H,(H,38,43)(H,39,44)(H,40,42)(H,45,46)/b30-19-. The van der Waals surface area contributed by atoms with Gasteiger partial charge in [-0.2, -0.15) is 0 Å². The van der Waals surface area contributed by atoms with Crippen molar-refractivity contribution in [3.8, 4) is 5.75 Å². The van der Waals surface area contributed by atoms with E-state index in [-0.39, 0.29) is 16.9 Å². The Bertz CT molecular complexity index is 1940. The highest BCUT2D eigenvalue weighted by Gasteiger charge is 2.24. The number of carboxylic acid groups (broad SMARTS) is 1. The number of thioether (sulfide) groups is 1. The Morgan fingerprint density at radius 1 is 0.766 bits per heavy atom. The van der Waals surface area contributed by atoms with Gasteiger partial charge in [-0.3, -0.25) is 19.4 Å². The SMILES string of the molecule is O=C(Nc1cccc(SC(C(=O)Nc2ccc(O)c(C(=O)O)c2)c2ccccc2)c1)/C(=C/c1cccnc1)NC(=O)c1ccccc1. The smallest absolute Gasteiger partial charge is 0.339 e. The third-order valence-electron chi connectivity index (χ3n) is 6.71. The van der Waals surface area contributed by atoms with Crippen molar-refractivity contribution in [1.29, 1.82) is 0 Å². The second-order valence-electron chi connectivity index (χ2n) is 10.1. The van der Waals surface area contributed by atoms with E-state index in [2.05, 4.69) is 20.9 Å². The van der Waals surface area contributed by atoms with Crippen LogP contribution in [0.25, 0.3) is 6.08 Å². The summed E-state index contributed by atoms with van der Waals surface area (Å²) in [6.45, 7) is 0. The molecule has 3 amide bonds. The monoisotopic (exact) mass is 644 g/mol. The van der Waals surface area contributed by atoms with Crippen molar-refractivity contribution in [3.63, 3.8) is 0 Å². The van der Waals surface area contributed by atoms with E-state index in [0.29, 0.717) is 27.3 Å². The number of aromatic carboxylic acids is 1. The summed E-state index contributed by atoms with van der Waals surface area (Å²) in [5.74, 6) is -3.20. The minimum Gasteiger partial charge on any atom is -0.507 e. The van der Waals surface area contributed by atoms with Crippen molar-refractivity contribution in [1.82, 2.24) is 10.3 Å². The molecule has 1 unspecified atom stereocenters. The molecule has 1 atom stereocenters. The average Bonchev–Trinajstić information content (AvgIpc) is 3.09. The molecule has 0 spiro atoms. The predicted octanol–water partition coefficient (Wildman–Crippen LogP) is 6.37. The molecule has 5 aromatic rings. The van der Waals surface area contributed by atoms with Crippen molar-refractivity contribution < 1.29 is 29.4 Å². The Kier molecular flexibility index (Phi) is 10.4. The van der Waals surface area contributed by atoms with E-state index < -0.39 is 34.7 Å². The van der Waals surface area contributed by atoms with Crippen molar-refractivity contribution in [3.05, 3.63) is 156 Å². The zero-order valence-corrected chi connectivity index (χ0v) is 25.5. The van der Waals surface area contributed by atoms with Crippen molar-refractivity contribution in [2.24, 2.45) is 0 Å². The molecule has 0 saturated carbocycles. The summed E-state index contributed by atoms with van der Waals surface area (Å²) in [4.78, 5) is 56.2. The van der Waals surface area contributed by atoms with Gasteiger partial charge in [-0.15, -0.1) is 11.8 Å². The van der Waals surface area contributed by atoms with Gasteiger partial charge in [0.15, 0.2) is 0 Å². The molecule has 0 aliphatic carbocycles. The third kappa shape index (κ3) is 8.71. The number of carbonyl (C=O) groups is 4. The number of benzene rings is 4. The first-order valence-electron chi connectivity index (χ1n) is 14.2. The molecule has 0 aliphatic heterocycles. The van der Waals surface area contributed by atoms with Crippen LogP contribution in [0, 0.1) is 0 Å². The number of phenols is 1. The van der Waals surface area contributed by atoms with Crippen LogP contribution in [0.2, 0.25) is 0 Å². The number of carboxylic acids is 1. The molecule has 10 nitrogen and oxygen atoms in total. The van der Waals surface area contributed by atoms with Gasteiger partial charge >= 0.3 is 5.97 Å². The number of rotatable bonds is 11. The summed E-state index contributed by atoms with van der Waals surface area (Å²) in [6, 6.07) is 31.7. The fraction of sp³-hybridized carbons (Fsp3) is 0.0278. The van der Waals surface area contributed by atoms with Gasteiger partial charge in [-0.1, -0.05) is 60.7 Å². The number of aromatic nitrogens is 1. The van der Waals surface area contributed by atoms with Crippen LogP contribution in [0.5, 0.6) is 5.75 Å². The summed E-state index contributed by atoms with van der Waals surface area (Å²) in [7, 11) is 0. The number of amides is 3. The lowest BCUT2D eigenvalue weighted by Crippen LogP contribution is -2.30. The van der Waals surface area contributed by atoms with Crippen molar-refractivity contribution in [2.75, 3.05) is 10.6 Å². The molecule has 11 heteroatoms. The first kappa shape index (κ1) is 32.2. The van der Waals surface area contributed by atoms with Gasteiger partial charge in [0.05, 0.1) is 0 Å². The van der Waals surface area contributed by atoms with Crippen LogP contribution in [0.15, 0.2) is 138 Å². The van der Waals surface area contributed by atoms with Crippen LogP contribution in [0.3, 0.4) is 0 Å². The summed E-state index contributed by atoms with van der Waals surface area (Å²) >= 11 is 1.22. The summed E-state index contributed by atoms with van der Waals surface area (Å²) in [6.07, 6.45) is 4.69. The number of hydrogen-bond donors (Lipinski definition) is 5. The van der Waals surface area contributed by atoms with Gasteiger partial charge in [-0.25, -0.2) is 4.79 Å². The van der Waals surface area contributed by atoms with Crippen LogP contribution in [-0.4, -0.2) is 38.9 Å². The highest BCUT2D eigenvalue weighted by atomic mass is 32.2. The number of carbonyl (C=O) groups excluding carboxylic acids is 3. The number of hydrogen-bond acceptors (Lipinski definition) is 7. The fourth-order valence-corrected chi connectivity index (χ4v) is 5.53. The van der Waals surface area contributed by atoms with Crippen molar-refractivity contribution in [2.45, 2.75) is 10.1 Å². The molecule has 234 valence electrons. The zero-order chi connectivity index (χ0) is 33.2. The largest absolute Gasteiger partial charge is 0.507 e. The van der Waals surface area contributed by atoms with Gasteiger partial charge in [0.1, 0.15) is 22.3 Å². The fourth-order valence-electron chi connectivity index (χ4n) is 4.45. The molecule has 4 aromatic carbocycles. The van der Waals surface area contributed by atoms with Crippen LogP contribution in [0.4, 0.5) is 11.4 Å². The van der Waals surface area contributed by atoms with E-state index in [1.165, 1.54) is 36.0 Å². The van der Waals surface area contributed by atoms with E-state index in [0.717, 1.165) is 0 Å². The number of anilines is 2. The minimum absolute atomic E-state index is 0.000997. The summed E-state index contributed by atoms with van der Waals surface area (Å²) < 4.78 is 0. The number of pyridine rings is 1. The molecule has 0 radical (unpaired) electrons. The maximum Gasteiger partial charge on any atom is 0.339 e. The molecule has 1 aromatic heterocycles. The number of nitrogens with zero attached hydrogens (tertiary/aromatic N) is 1. The van der Waals surface area contributed by atoms with Gasteiger partial charge in [-0.05, 0) is 71.8 Å². The quantitative estimate of drug-likeness (QED) is 0.0631. The van der Waals surface area contributed by atoms with Crippen molar-refractivity contribution >= 4 is 52.9 Å². The van der Waals surface area contributed by atoms with Gasteiger partial charge in [0.2, 0.25) is 5.91 Å². The molecule has 47 heavy (non-hydrogen) atoms. The molecule has 0 saturated heterocycles. The molecule has 0 aliphatic rings. The Morgan fingerprint density at radius 3 is 2.19 bits per heavy atom. The molecule has 1 heterocycles. The molecular formula is C36H28N4O6S. The highest BCUT2D eigenvalue weighted by molar-refractivity contribution is 8.00. The maximum atomic E-state index is 13.6. The number of nitrogens with one attached hydrogen (secondary N) is 3. The van der Waals surface area contributed by atoms with E-state index in [4.69, 9.17) is 0 Å². The molecule has 0 bridgehead atoms. The molecule has 5 rings (SSSR count). The van der Waals surface area contributed by atoms with E-state index in [9.17, 15) is 29.4 Å². The highest BCUT2D eigenvalue weighted by Crippen LogP contribution is 2.37. The first-order chi connectivity index (χ1) is 22.8. The Hall–Kier alpha value is -6.20. The van der Waals surface area contributed by atoms with Crippen LogP contribution < -0.4 is 16.0 Å². The Balaban J connectivity index is 1.37. The number of aromatic hydroxyl groups is 1. The van der Waals surface area contributed by atoms with E-state index >= 15 is 0 Å². The lowest BCUT2D eigenvalue weighted by Gasteiger charge is -2.18. The second kappa shape index (κ2) is 15.2.